The summed E-state index contributed by atoms with van der Waals surface area (Å²) < 4.78 is 0.597. The summed E-state index contributed by atoms with van der Waals surface area (Å²) in [6.07, 6.45) is 0. The van der Waals surface area contributed by atoms with Gasteiger partial charge in [-0.1, -0.05) is 15.9 Å². The van der Waals surface area contributed by atoms with E-state index in [2.05, 4.69) is 15.9 Å². The molecule has 0 N–H and O–H groups in total. The molecule has 1 heterocycles. The number of nitrogens with zero attached hydrogens (tertiary/aromatic N) is 2. The van der Waals surface area contributed by atoms with Crippen LogP contribution in [0.25, 0.3) is 0 Å². The fourth-order valence-corrected chi connectivity index (χ4v) is 2.14. The summed E-state index contributed by atoms with van der Waals surface area (Å²) in [5.74, 6) is -0.435. The van der Waals surface area contributed by atoms with E-state index in [1.165, 1.54) is 4.90 Å². The Bertz CT molecular complexity index is 234. The lowest BCUT2D eigenvalue weighted by Crippen LogP contribution is -2.36. The Balaban J connectivity index is 2.91. The molecule has 3 amide bonds. The zero-order valence-electron chi connectivity index (χ0n) is 6.62. The molecule has 4 nitrogen and oxygen atoms in total. The van der Waals surface area contributed by atoms with Gasteiger partial charge in [-0.05, 0) is 13.8 Å². The van der Waals surface area contributed by atoms with Gasteiger partial charge in [0.25, 0.3) is 5.91 Å². The van der Waals surface area contributed by atoms with Crippen molar-refractivity contribution in [2.24, 2.45) is 0 Å². The van der Waals surface area contributed by atoms with E-state index >= 15 is 0 Å². The summed E-state index contributed by atoms with van der Waals surface area (Å²) >= 11 is 8.49. The second-order valence-corrected chi connectivity index (χ2v) is 3.94. The molecule has 1 rings (SSSR count). The van der Waals surface area contributed by atoms with E-state index in [0.29, 0.717) is 4.42 Å². The molecule has 1 saturated heterocycles. The highest BCUT2D eigenvalue weighted by molar-refractivity contribution is 9.10. The molecule has 0 aromatic rings. The number of amides is 3. The van der Waals surface area contributed by atoms with Crippen LogP contribution in [-0.2, 0) is 4.79 Å². The van der Waals surface area contributed by atoms with Crippen molar-refractivity contribution in [3.63, 3.8) is 0 Å². The Kier molecular flexibility index (Phi) is 2.63. The fourth-order valence-electron chi connectivity index (χ4n) is 0.988. The Morgan fingerprint density at radius 2 is 2.00 bits per heavy atom. The lowest BCUT2D eigenvalue weighted by Gasteiger charge is -2.21. The Labute approximate surface area is 83.7 Å². The van der Waals surface area contributed by atoms with Crippen molar-refractivity contribution in [1.82, 2.24) is 9.32 Å². The molecule has 0 spiro atoms. The highest BCUT2D eigenvalue weighted by Crippen LogP contribution is 2.25. The van der Waals surface area contributed by atoms with Gasteiger partial charge in [0.05, 0.1) is 0 Å². The maximum atomic E-state index is 11.2. The van der Waals surface area contributed by atoms with Crippen LogP contribution in [0.2, 0.25) is 0 Å². The van der Waals surface area contributed by atoms with Crippen LogP contribution in [0.4, 0.5) is 4.79 Å². The molecule has 1 unspecified atom stereocenters. The molecule has 0 aromatic carbocycles. The van der Waals surface area contributed by atoms with Gasteiger partial charge >= 0.3 is 6.03 Å². The van der Waals surface area contributed by atoms with Crippen LogP contribution in [0.5, 0.6) is 0 Å². The molecule has 12 heavy (non-hydrogen) atoms. The Hall–Kier alpha value is -0.290. The minimum absolute atomic E-state index is 0.0467. The number of urea groups is 1. The summed E-state index contributed by atoms with van der Waals surface area (Å²) in [4.78, 5) is 23.1. The van der Waals surface area contributed by atoms with Crippen LogP contribution in [-0.4, -0.2) is 32.3 Å². The van der Waals surface area contributed by atoms with E-state index in [9.17, 15) is 9.59 Å². The van der Waals surface area contributed by atoms with Gasteiger partial charge in [-0.25, -0.2) is 4.79 Å². The van der Waals surface area contributed by atoms with Crippen LogP contribution >= 0.6 is 27.7 Å². The van der Waals surface area contributed by atoms with Crippen molar-refractivity contribution in [2.45, 2.75) is 24.8 Å². The minimum Gasteiger partial charge on any atom is -0.299 e. The summed E-state index contributed by atoms with van der Waals surface area (Å²) in [6.45, 7) is 3.63. The van der Waals surface area contributed by atoms with Crippen LogP contribution in [0.3, 0.4) is 0 Å². The monoisotopic (exact) mass is 254 g/mol. The Morgan fingerprint density at radius 1 is 1.50 bits per heavy atom. The summed E-state index contributed by atoms with van der Waals surface area (Å²) in [7, 11) is 0. The summed E-state index contributed by atoms with van der Waals surface area (Å²) in [5, 5.41) is 0. The van der Waals surface area contributed by atoms with Gasteiger partial charge in [0.2, 0.25) is 0 Å². The second-order valence-electron chi connectivity index (χ2n) is 2.74. The molecular weight excluding hydrogens is 247 g/mol. The molecule has 0 aliphatic carbocycles. The number of hydrogen-bond donors (Lipinski definition) is 0. The number of imide groups is 1. The van der Waals surface area contributed by atoms with Crippen LogP contribution in [0.1, 0.15) is 13.8 Å². The molecule has 6 heteroatoms. The predicted molar refractivity (Wildman–Crippen MR) is 47.8 cm³/mol. The van der Waals surface area contributed by atoms with Gasteiger partial charge in [0.15, 0.2) is 4.95 Å². The number of halogens is 2. The molecule has 0 radical (unpaired) electrons. The first-order valence-electron chi connectivity index (χ1n) is 3.43. The fraction of sp³-hybridized carbons (Fsp3) is 0.667. The molecule has 1 aliphatic heterocycles. The molecule has 0 saturated carbocycles. The lowest BCUT2D eigenvalue weighted by atomic mass is 10.3. The molecule has 0 bridgehead atoms. The van der Waals surface area contributed by atoms with Crippen molar-refractivity contribution in [1.29, 1.82) is 0 Å². The number of rotatable bonds is 1. The largest absolute Gasteiger partial charge is 0.343 e. The normalized spacial score (nSPS) is 24.6. The number of carbonyl (C=O) groups excluding carboxylic acids is 2. The maximum absolute atomic E-state index is 11.2. The Morgan fingerprint density at radius 3 is 2.17 bits per heavy atom. The quantitative estimate of drug-likeness (QED) is 0.309. The SMILES string of the molecule is CC(C)N1C(=O)N(Cl)C(=O)C1Br. The highest BCUT2D eigenvalue weighted by atomic mass is 79.9. The maximum Gasteiger partial charge on any atom is 0.343 e. The second kappa shape index (κ2) is 3.22. The summed E-state index contributed by atoms with van der Waals surface area (Å²) in [5.41, 5.74) is 0. The van der Waals surface area contributed by atoms with Crippen molar-refractivity contribution >= 4 is 39.6 Å². The first kappa shape index (κ1) is 9.80. The first-order valence-corrected chi connectivity index (χ1v) is 4.68. The zero-order valence-corrected chi connectivity index (χ0v) is 8.96. The lowest BCUT2D eigenvalue weighted by molar-refractivity contribution is -0.123. The van der Waals surface area contributed by atoms with E-state index in [1.807, 2.05) is 13.8 Å². The van der Waals surface area contributed by atoms with Gasteiger partial charge in [-0.3, -0.25) is 9.69 Å². The minimum atomic E-state index is -0.623. The van der Waals surface area contributed by atoms with E-state index in [0.717, 1.165) is 0 Å². The number of hydrogen-bond acceptors (Lipinski definition) is 2. The zero-order chi connectivity index (χ0) is 9.46. The highest BCUT2D eigenvalue weighted by Gasteiger charge is 2.44. The number of alkyl halides is 1. The standard InChI is InChI=1S/C6H8BrClN2O2/c1-3(2)9-4(7)5(11)10(8)6(9)12/h3-4H,1-2H3. The predicted octanol–water partition coefficient (Wildman–Crippen LogP) is 1.53. The van der Waals surface area contributed by atoms with Gasteiger partial charge in [-0.15, -0.1) is 0 Å². The van der Waals surface area contributed by atoms with E-state index in [4.69, 9.17) is 11.8 Å². The molecule has 68 valence electrons. The van der Waals surface area contributed by atoms with Gasteiger partial charge in [0, 0.05) is 17.8 Å². The summed E-state index contributed by atoms with van der Waals surface area (Å²) in [6, 6.07) is -0.520. The smallest absolute Gasteiger partial charge is 0.299 e. The van der Waals surface area contributed by atoms with Gasteiger partial charge < -0.3 is 0 Å². The molecular formula is C6H8BrClN2O2. The van der Waals surface area contributed by atoms with Crippen molar-refractivity contribution in [3.8, 4) is 0 Å². The van der Waals surface area contributed by atoms with Crippen LogP contribution < -0.4 is 0 Å². The molecule has 1 atom stereocenters. The van der Waals surface area contributed by atoms with Crippen LogP contribution in [0, 0.1) is 0 Å². The van der Waals surface area contributed by atoms with Crippen molar-refractivity contribution < 1.29 is 9.59 Å². The third kappa shape index (κ3) is 1.31. The van der Waals surface area contributed by atoms with E-state index in [-0.39, 0.29) is 6.04 Å². The first-order chi connectivity index (χ1) is 5.46. The van der Waals surface area contributed by atoms with Crippen molar-refractivity contribution in [3.05, 3.63) is 0 Å². The molecule has 1 fully saturated rings. The van der Waals surface area contributed by atoms with E-state index < -0.39 is 16.9 Å². The van der Waals surface area contributed by atoms with Gasteiger partial charge in [-0.2, -0.15) is 4.42 Å². The van der Waals surface area contributed by atoms with E-state index in [1.54, 1.807) is 0 Å². The molecule has 0 aromatic heterocycles. The third-order valence-corrected chi connectivity index (χ3v) is 2.73. The average Bonchev–Trinajstić information content (AvgIpc) is 2.16. The number of carbonyl (C=O) groups is 2. The van der Waals surface area contributed by atoms with Crippen LogP contribution in [0.15, 0.2) is 0 Å². The topological polar surface area (TPSA) is 40.6 Å². The van der Waals surface area contributed by atoms with Gasteiger partial charge in [0.1, 0.15) is 0 Å². The molecule has 1 aliphatic rings. The third-order valence-electron chi connectivity index (χ3n) is 1.59. The average molecular weight is 255 g/mol. The van der Waals surface area contributed by atoms with Crippen molar-refractivity contribution in [2.75, 3.05) is 0 Å².